The van der Waals surface area contributed by atoms with Gasteiger partial charge >= 0.3 is 105 Å². The van der Waals surface area contributed by atoms with Gasteiger partial charge in [-0.3, -0.25) is 0 Å². The average molecular weight is 318 g/mol. The molecular formula is C14H31Sn+. The van der Waals surface area contributed by atoms with Gasteiger partial charge in [-0.15, -0.1) is 0 Å². The van der Waals surface area contributed by atoms with Crippen molar-refractivity contribution in [1.29, 1.82) is 0 Å². The standard InChI is InChI=1S/2C5H11.C4H9.Sn/c2*1-3-5-4-2;1-3-4-2;/h2*1,3-5H2,2H3;1,3-4H2,2H3;/q;;;+1. The first-order valence-corrected chi connectivity index (χ1v) is 13.2. The maximum atomic E-state index is 2.35. The van der Waals surface area contributed by atoms with Crippen molar-refractivity contribution >= 4 is 19.8 Å². The summed E-state index contributed by atoms with van der Waals surface area (Å²) in [7, 11) is 0. The van der Waals surface area contributed by atoms with Crippen LogP contribution in [0.4, 0.5) is 0 Å². The van der Waals surface area contributed by atoms with Crippen LogP contribution in [0.1, 0.15) is 72.1 Å². The Morgan fingerprint density at radius 2 is 0.933 bits per heavy atom. The molecule has 0 atom stereocenters. The predicted molar refractivity (Wildman–Crippen MR) is 74.1 cm³/mol. The fourth-order valence-corrected chi connectivity index (χ4v) is 10.9. The third kappa shape index (κ3) is 11.1. The Hall–Kier alpha value is 0.799. The van der Waals surface area contributed by atoms with Crippen molar-refractivity contribution in [2.24, 2.45) is 0 Å². The van der Waals surface area contributed by atoms with E-state index in [-0.39, 0.29) is 0 Å². The van der Waals surface area contributed by atoms with Crippen LogP contribution in [0.15, 0.2) is 0 Å². The molecule has 0 radical (unpaired) electrons. The van der Waals surface area contributed by atoms with Crippen LogP contribution in [0.3, 0.4) is 0 Å². The third-order valence-electron chi connectivity index (χ3n) is 3.15. The second kappa shape index (κ2) is 12.9. The Labute approximate surface area is 105 Å². The van der Waals surface area contributed by atoms with Crippen molar-refractivity contribution in [3.05, 3.63) is 0 Å². The molecule has 0 rings (SSSR count). The monoisotopic (exact) mass is 319 g/mol. The zero-order chi connectivity index (χ0) is 11.4. The molecule has 0 heterocycles. The number of hydrogen-bond donors (Lipinski definition) is 0. The van der Waals surface area contributed by atoms with Gasteiger partial charge in [-0.25, -0.2) is 0 Å². The van der Waals surface area contributed by atoms with E-state index < -0.39 is 19.8 Å². The molecule has 0 saturated carbocycles. The van der Waals surface area contributed by atoms with Crippen molar-refractivity contribution in [2.45, 2.75) is 85.4 Å². The molecule has 0 nitrogen and oxygen atoms in total. The molecule has 0 amide bonds. The summed E-state index contributed by atoms with van der Waals surface area (Å²) in [6.45, 7) is 7.00. The molecule has 0 aromatic heterocycles. The first kappa shape index (κ1) is 15.8. The van der Waals surface area contributed by atoms with Gasteiger partial charge in [-0.2, -0.15) is 0 Å². The third-order valence-corrected chi connectivity index (χ3v) is 12.2. The normalized spacial score (nSPS) is 10.6. The van der Waals surface area contributed by atoms with E-state index in [1.165, 1.54) is 38.5 Å². The van der Waals surface area contributed by atoms with Gasteiger partial charge in [-0.1, -0.05) is 0 Å². The fraction of sp³-hybridized carbons (Fsp3) is 1.00. The average Bonchev–Trinajstić information content (AvgIpc) is 2.25. The van der Waals surface area contributed by atoms with Gasteiger partial charge in [0.1, 0.15) is 0 Å². The van der Waals surface area contributed by atoms with Crippen molar-refractivity contribution < 1.29 is 0 Å². The second-order valence-electron chi connectivity index (χ2n) is 4.77. The summed E-state index contributed by atoms with van der Waals surface area (Å²) in [5, 5.41) is 0. The molecule has 0 spiro atoms. The van der Waals surface area contributed by atoms with Gasteiger partial charge in [0, 0.05) is 0 Å². The Morgan fingerprint density at radius 1 is 0.533 bits per heavy atom. The molecule has 0 fully saturated rings. The molecule has 15 heavy (non-hydrogen) atoms. The number of unbranched alkanes of at least 4 members (excludes halogenated alkanes) is 5. The minimum atomic E-state index is -0.880. The van der Waals surface area contributed by atoms with Crippen LogP contribution in [0.5, 0.6) is 0 Å². The molecule has 0 saturated heterocycles. The molecule has 0 aliphatic rings. The van der Waals surface area contributed by atoms with Gasteiger partial charge in [0.05, 0.1) is 0 Å². The summed E-state index contributed by atoms with van der Waals surface area (Å²) in [5.41, 5.74) is 0. The van der Waals surface area contributed by atoms with Gasteiger partial charge in [0.15, 0.2) is 0 Å². The van der Waals surface area contributed by atoms with Crippen LogP contribution < -0.4 is 0 Å². The first-order chi connectivity index (χ1) is 7.35. The summed E-state index contributed by atoms with van der Waals surface area (Å²) in [6, 6.07) is 0. The summed E-state index contributed by atoms with van der Waals surface area (Å²) in [4.78, 5) is 0. The molecule has 0 aromatic rings. The summed E-state index contributed by atoms with van der Waals surface area (Å²) in [5.74, 6) is 0. The van der Waals surface area contributed by atoms with E-state index in [9.17, 15) is 0 Å². The van der Waals surface area contributed by atoms with Gasteiger partial charge < -0.3 is 0 Å². The van der Waals surface area contributed by atoms with Gasteiger partial charge in [0.2, 0.25) is 0 Å². The van der Waals surface area contributed by atoms with Crippen LogP contribution in [0.25, 0.3) is 0 Å². The maximum absolute atomic E-state index is 2.35. The molecular weight excluding hydrogens is 287 g/mol. The zero-order valence-electron chi connectivity index (χ0n) is 11.3. The molecule has 90 valence electrons. The van der Waals surface area contributed by atoms with Crippen LogP contribution in [0, 0.1) is 0 Å². The van der Waals surface area contributed by atoms with Gasteiger partial charge in [0.25, 0.3) is 0 Å². The van der Waals surface area contributed by atoms with Crippen molar-refractivity contribution in [3.63, 3.8) is 0 Å². The van der Waals surface area contributed by atoms with E-state index in [1.807, 2.05) is 0 Å². The molecule has 1 heteroatoms. The number of hydrogen-bond acceptors (Lipinski definition) is 0. The number of rotatable bonds is 11. The Balaban J connectivity index is 3.53. The molecule has 0 unspecified atom stereocenters. The van der Waals surface area contributed by atoms with E-state index >= 15 is 0 Å². The van der Waals surface area contributed by atoms with E-state index in [4.69, 9.17) is 0 Å². The molecule has 0 aliphatic carbocycles. The van der Waals surface area contributed by atoms with E-state index in [1.54, 1.807) is 26.2 Å². The van der Waals surface area contributed by atoms with Crippen LogP contribution in [0.2, 0.25) is 13.3 Å². The summed E-state index contributed by atoms with van der Waals surface area (Å²) < 4.78 is 5.08. The van der Waals surface area contributed by atoms with Crippen molar-refractivity contribution in [2.75, 3.05) is 0 Å². The Kier molecular flexibility index (Phi) is 13.6. The van der Waals surface area contributed by atoms with Crippen LogP contribution in [-0.4, -0.2) is 19.8 Å². The summed E-state index contributed by atoms with van der Waals surface area (Å²) >= 11 is -0.880. The topological polar surface area (TPSA) is 0 Å². The summed E-state index contributed by atoms with van der Waals surface area (Å²) in [6.07, 6.45) is 11.9. The fourth-order valence-electron chi connectivity index (χ4n) is 2.05. The molecule has 0 aromatic carbocycles. The van der Waals surface area contributed by atoms with E-state index in [2.05, 4.69) is 20.8 Å². The van der Waals surface area contributed by atoms with Crippen molar-refractivity contribution in [1.82, 2.24) is 0 Å². The Morgan fingerprint density at radius 3 is 1.33 bits per heavy atom. The molecule has 0 aliphatic heterocycles. The van der Waals surface area contributed by atoms with E-state index in [0.717, 1.165) is 0 Å². The first-order valence-electron chi connectivity index (χ1n) is 7.18. The predicted octanol–water partition coefficient (Wildman–Crippen LogP) is 5.66. The minimum absolute atomic E-state index is 0.880. The molecule has 0 bridgehead atoms. The van der Waals surface area contributed by atoms with Gasteiger partial charge in [-0.05, 0) is 0 Å². The van der Waals surface area contributed by atoms with Crippen molar-refractivity contribution in [3.8, 4) is 0 Å². The quantitative estimate of drug-likeness (QED) is 0.340. The van der Waals surface area contributed by atoms with E-state index in [0.29, 0.717) is 0 Å². The Bertz CT molecular complexity index is 102. The van der Waals surface area contributed by atoms with Crippen LogP contribution >= 0.6 is 0 Å². The zero-order valence-corrected chi connectivity index (χ0v) is 14.1. The van der Waals surface area contributed by atoms with Crippen LogP contribution in [-0.2, 0) is 0 Å². The SMILES string of the molecule is CCCC[CH2][Sn+]([CH2]CCC)[CH2]CCCC. The molecule has 0 N–H and O–H groups in total. The second-order valence-corrected chi connectivity index (χ2v) is 13.3.